The van der Waals surface area contributed by atoms with Gasteiger partial charge in [-0.15, -0.1) is 0 Å². The summed E-state index contributed by atoms with van der Waals surface area (Å²) in [5, 5.41) is 15.1. The predicted molar refractivity (Wildman–Crippen MR) is 115 cm³/mol. The fourth-order valence-corrected chi connectivity index (χ4v) is 3.22. The standard InChI is InChI=1S/C21H42N4O4/c1-4-5-6-7-8-9-10-17(14-23)13-19(28)25-20(16(3)27)21(29)24-18(11-12-22)15(2)26/h16-18,20,27H,4-14,22-23H2,1-3H3,(H,24,29)(H,25,28)/t16-,17?,18-,20-/m0/s1. The maximum absolute atomic E-state index is 12.5. The van der Waals surface area contributed by atoms with Gasteiger partial charge in [0.05, 0.1) is 12.1 Å². The first-order valence-electron chi connectivity index (χ1n) is 10.9. The van der Waals surface area contributed by atoms with Crippen molar-refractivity contribution in [2.45, 2.75) is 96.7 Å². The van der Waals surface area contributed by atoms with Crippen molar-refractivity contribution in [3.05, 3.63) is 0 Å². The molecule has 4 atom stereocenters. The minimum Gasteiger partial charge on any atom is -0.391 e. The maximum atomic E-state index is 12.5. The summed E-state index contributed by atoms with van der Waals surface area (Å²) in [7, 11) is 0. The van der Waals surface area contributed by atoms with Crippen molar-refractivity contribution in [2.24, 2.45) is 17.4 Å². The van der Waals surface area contributed by atoms with Crippen LogP contribution in [0.5, 0.6) is 0 Å². The summed E-state index contributed by atoms with van der Waals surface area (Å²) < 4.78 is 0. The summed E-state index contributed by atoms with van der Waals surface area (Å²) in [5.41, 5.74) is 11.3. The van der Waals surface area contributed by atoms with Crippen LogP contribution in [0.15, 0.2) is 0 Å². The van der Waals surface area contributed by atoms with Crippen LogP contribution < -0.4 is 22.1 Å². The number of nitrogens with one attached hydrogen (secondary N) is 2. The van der Waals surface area contributed by atoms with Crippen molar-refractivity contribution in [1.29, 1.82) is 0 Å². The lowest BCUT2D eigenvalue weighted by atomic mass is 9.96. The monoisotopic (exact) mass is 414 g/mol. The average molecular weight is 415 g/mol. The summed E-state index contributed by atoms with van der Waals surface area (Å²) in [6.45, 7) is 5.61. The number of nitrogens with two attached hydrogens (primary N) is 2. The number of rotatable bonds is 17. The predicted octanol–water partition coefficient (Wildman–Crippen LogP) is 0.990. The zero-order chi connectivity index (χ0) is 22.2. The SMILES string of the molecule is CCCCCCCCC(CN)CC(=O)N[C@H](C(=O)N[C@@H](CCN)C(C)=O)[C@H](C)O. The third-order valence-electron chi connectivity index (χ3n) is 5.12. The fraction of sp³-hybridized carbons (Fsp3) is 0.857. The highest BCUT2D eigenvalue weighted by Crippen LogP contribution is 2.15. The van der Waals surface area contributed by atoms with Crippen molar-refractivity contribution in [1.82, 2.24) is 10.6 Å². The van der Waals surface area contributed by atoms with Crippen LogP contribution in [0.3, 0.4) is 0 Å². The van der Waals surface area contributed by atoms with E-state index in [9.17, 15) is 19.5 Å². The maximum Gasteiger partial charge on any atom is 0.245 e. The Labute approximate surface area is 175 Å². The third-order valence-corrected chi connectivity index (χ3v) is 5.12. The highest BCUT2D eigenvalue weighted by Gasteiger charge is 2.29. The van der Waals surface area contributed by atoms with Gasteiger partial charge in [-0.25, -0.2) is 0 Å². The van der Waals surface area contributed by atoms with Gasteiger partial charge in [0.25, 0.3) is 0 Å². The normalized spacial score (nSPS) is 15.2. The van der Waals surface area contributed by atoms with Crippen LogP contribution in [-0.4, -0.2) is 54.0 Å². The number of aliphatic hydroxyl groups excluding tert-OH is 1. The number of Topliss-reactive ketones (excluding diaryl/α,β-unsaturated/α-hetero) is 1. The van der Waals surface area contributed by atoms with Crippen molar-refractivity contribution < 1.29 is 19.5 Å². The number of aliphatic hydroxyl groups is 1. The van der Waals surface area contributed by atoms with Crippen LogP contribution in [0.1, 0.15) is 78.6 Å². The topological polar surface area (TPSA) is 148 Å². The van der Waals surface area contributed by atoms with Crippen molar-refractivity contribution in [3.8, 4) is 0 Å². The van der Waals surface area contributed by atoms with Gasteiger partial charge < -0.3 is 27.2 Å². The quantitative estimate of drug-likeness (QED) is 0.224. The highest BCUT2D eigenvalue weighted by atomic mass is 16.3. The van der Waals surface area contributed by atoms with Crippen molar-refractivity contribution >= 4 is 17.6 Å². The Hall–Kier alpha value is -1.51. The minimum atomic E-state index is -1.13. The molecule has 170 valence electrons. The number of hydrogen-bond acceptors (Lipinski definition) is 6. The molecule has 0 heterocycles. The van der Waals surface area contributed by atoms with Crippen LogP contribution in [0.2, 0.25) is 0 Å². The van der Waals surface area contributed by atoms with Gasteiger partial charge in [-0.1, -0.05) is 45.4 Å². The average Bonchev–Trinajstić information content (AvgIpc) is 2.66. The van der Waals surface area contributed by atoms with Crippen LogP contribution in [0.25, 0.3) is 0 Å². The van der Waals surface area contributed by atoms with Crippen molar-refractivity contribution in [3.63, 3.8) is 0 Å². The van der Waals surface area contributed by atoms with E-state index in [-0.39, 0.29) is 30.6 Å². The molecule has 0 spiro atoms. The second kappa shape index (κ2) is 16.3. The molecule has 8 nitrogen and oxygen atoms in total. The molecular weight excluding hydrogens is 372 g/mol. The first-order chi connectivity index (χ1) is 13.8. The van der Waals surface area contributed by atoms with E-state index in [0.29, 0.717) is 13.0 Å². The van der Waals surface area contributed by atoms with Gasteiger partial charge in [0.1, 0.15) is 6.04 Å². The first kappa shape index (κ1) is 27.5. The highest BCUT2D eigenvalue weighted by molar-refractivity contribution is 5.92. The molecule has 29 heavy (non-hydrogen) atoms. The van der Waals surface area contributed by atoms with Crippen LogP contribution in [-0.2, 0) is 14.4 Å². The van der Waals surface area contributed by atoms with E-state index in [0.717, 1.165) is 19.3 Å². The minimum absolute atomic E-state index is 0.0427. The van der Waals surface area contributed by atoms with E-state index in [4.69, 9.17) is 11.5 Å². The van der Waals surface area contributed by atoms with Gasteiger partial charge >= 0.3 is 0 Å². The van der Waals surface area contributed by atoms with Crippen LogP contribution in [0, 0.1) is 5.92 Å². The molecule has 0 aromatic carbocycles. The van der Waals surface area contributed by atoms with E-state index in [1.54, 1.807) is 0 Å². The number of hydrogen-bond donors (Lipinski definition) is 5. The number of ketones is 1. The molecule has 0 radical (unpaired) electrons. The lowest BCUT2D eigenvalue weighted by Crippen LogP contribution is -2.56. The third kappa shape index (κ3) is 12.6. The molecule has 0 saturated carbocycles. The summed E-state index contributed by atoms with van der Waals surface area (Å²) in [5.74, 6) is -1.10. The second-order valence-corrected chi connectivity index (χ2v) is 7.90. The summed E-state index contributed by atoms with van der Waals surface area (Å²) in [4.78, 5) is 36.5. The molecule has 0 saturated heterocycles. The molecule has 0 aliphatic heterocycles. The Kier molecular flexibility index (Phi) is 15.5. The molecule has 0 aliphatic carbocycles. The molecule has 7 N–H and O–H groups in total. The molecule has 8 heteroatoms. The molecular formula is C21H42N4O4. The molecule has 2 amide bonds. The second-order valence-electron chi connectivity index (χ2n) is 7.90. The van der Waals surface area contributed by atoms with Gasteiger partial charge in [0.15, 0.2) is 5.78 Å². The molecule has 0 aromatic rings. The summed E-state index contributed by atoms with van der Waals surface area (Å²) in [6.07, 6.45) is 7.33. The zero-order valence-electron chi connectivity index (χ0n) is 18.4. The van der Waals surface area contributed by atoms with Gasteiger partial charge in [0, 0.05) is 6.42 Å². The fourth-order valence-electron chi connectivity index (χ4n) is 3.22. The Morgan fingerprint density at radius 2 is 1.59 bits per heavy atom. The molecule has 1 unspecified atom stereocenters. The van der Waals surface area contributed by atoms with Gasteiger partial charge in [-0.3, -0.25) is 14.4 Å². The van der Waals surface area contributed by atoms with E-state index in [1.165, 1.54) is 39.5 Å². The number of carbonyl (C=O) groups excluding carboxylic acids is 3. The molecule has 0 fully saturated rings. The van der Waals surface area contributed by atoms with Crippen LogP contribution in [0.4, 0.5) is 0 Å². The number of unbranched alkanes of at least 4 members (excludes halogenated alkanes) is 5. The first-order valence-corrected chi connectivity index (χ1v) is 10.9. The molecule has 0 aromatic heterocycles. The Morgan fingerprint density at radius 3 is 2.10 bits per heavy atom. The van der Waals surface area contributed by atoms with Gasteiger partial charge in [-0.05, 0) is 45.7 Å². The number of carbonyl (C=O) groups is 3. The lowest BCUT2D eigenvalue weighted by Gasteiger charge is -2.24. The summed E-state index contributed by atoms with van der Waals surface area (Å²) >= 11 is 0. The Balaban J connectivity index is 4.59. The molecule has 0 rings (SSSR count). The number of amides is 2. The van der Waals surface area contributed by atoms with E-state index in [2.05, 4.69) is 17.6 Å². The van der Waals surface area contributed by atoms with E-state index < -0.39 is 24.1 Å². The van der Waals surface area contributed by atoms with E-state index >= 15 is 0 Å². The Bertz CT molecular complexity index is 485. The largest absolute Gasteiger partial charge is 0.391 e. The molecule has 0 bridgehead atoms. The molecule has 0 aliphatic rings. The summed E-state index contributed by atoms with van der Waals surface area (Å²) in [6, 6.07) is -1.86. The van der Waals surface area contributed by atoms with Gasteiger partial charge in [-0.2, -0.15) is 0 Å². The Morgan fingerprint density at radius 1 is 0.966 bits per heavy atom. The van der Waals surface area contributed by atoms with Crippen molar-refractivity contribution in [2.75, 3.05) is 13.1 Å². The smallest absolute Gasteiger partial charge is 0.245 e. The van der Waals surface area contributed by atoms with Gasteiger partial charge in [0.2, 0.25) is 11.8 Å². The zero-order valence-corrected chi connectivity index (χ0v) is 18.4. The van der Waals surface area contributed by atoms with E-state index in [1.807, 2.05) is 0 Å². The lowest BCUT2D eigenvalue weighted by molar-refractivity contribution is -0.133. The van der Waals surface area contributed by atoms with Crippen LogP contribution >= 0.6 is 0 Å².